The van der Waals surface area contributed by atoms with Crippen LogP contribution in [0.25, 0.3) is 0 Å². The Morgan fingerprint density at radius 3 is 2.95 bits per heavy atom. The van der Waals surface area contributed by atoms with Crippen LogP contribution in [0, 0.1) is 0 Å². The number of phenols is 2. The molecule has 1 saturated heterocycles. The van der Waals surface area contributed by atoms with Crippen molar-refractivity contribution >= 4 is 21.8 Å². The van der Waals surface area contributed by atoms with E-state index in [4.69, 9.17) is 4.74 Å². The molecule has 0 aliphatic carbocycles. The van der Waals surface area contributed by atoms with Gasteiger partial charge in [0.05, 0.1) is 24.3 Å². The zero-order chi connectivity index (χ0) is 14.0. The number of morpholine rings is 1. The van der Waals surface area contributed by atoms with Crippen molar-refractivity contribution in [3.8, 4) is 11.5 Å². The fraction of sp³-hybridized carbons (Fsp3) is 0.462. The monoisotopic (exact) mass is 329 g/mol. The van der Waals surface area contributed by atoms with Crippen molar-refractivity contribution in [1.29, 1.82) is 0 Å². The predicted octanol–water partition coefficient (Wildman–Crippen LogP) is 1.72. The number of aromatic hydroxyl groups is 2. The predicted molar refractivity (Wildman–Crippen MR) is 73.8 cm³/mol. The van der Waals surface area contributed by atoms with Crippen molar-refractivity contribution in [3.63, 3.8) is 0 Å². The molecule has 0 aromatic heterocycles. The standard InChI is InChI=1S/C13H16BrNO4/c1-8-7-19-10(5-14)6-15(8)13(18)11-4-9(16)2-3-12(11)17/h2-4,8,10,16-17H,5-7H2,1H3. The number of ether oxygens (including phenoxy) is 1. The zero-order valence-electron chi connectivity index (χ0n) is 10.5. The van der Waals surface area contributed by atoms with Crippen LogP contribution in [-0.4, -0.2) is 51.6 Å². The van der Waals surface area contributed by atoms with Gasteiger partial charge in [0.25, 0.3) is 5.91 Å². The molecule has 1 aromatic rings. The summed E-state index contributed by atoms with van der Waals surface area (Å²) >= 11 is 3.34. The first-order valence-electron chi connectivity index (χ1n) is 6.03. The Hall–Kier alpha value is -1.27. The van der Waals surface area contributed by atoms with Gasteiger partial charge in [0, 0.05) is 11.9 Å². The van der Waals surface area contributed by atoms with E-state index in [9.17, 15) is 15.0 Å². The topological polar surface area (TPSA) is 70.0 Å². The fourth-order valence-electron chi connectivity index (χ4n) is 2.04. The van der Waals surface area contributed by atoms with E-state index >= 15 is 0 Å². The first kappa shape index (κ1) is 14.1. The molecular formula is C13H16BrNO4. The first-order chi connectivity index (χ1) is 9.02. The molecule has 6 heteroatoms. The summed E-state index contributed by atoms with van der Waals surface area (Å²) in [5.74, 6) is -0.467. The molecule has 5 nitrogen and oxygen atoms in total. The largest absolute Gasteiger partial charge is 0.508 e. The number of nitrogens with zero attached hydrogens (tertiary/aromatic N) is 1. The van der Waals surface area contributed by atoms with Crippen molar-refractivity contribution < 1.29 is 19.7 Å². The maximum Gasteiger partial charge on any atom is 0.258 e. The van der Waals surface area contributed by atoms with Gasteiger partial charge in [0.15, 0.2) is 0 Å². The highest BCUT2D eigenvalue weighted by atomic mass is 79.9. The van der Waals surface area contributed by atoms with Crippen molar-refractivity contribution in [2.24, 2.45) is 0 Å². The number of phenolic OH excluding ortho intramolecular Hbond substituents is 2. The van der Waals surface area contributed by atoms with E-state index in [0.29, 0.717) is 18.5 Å². The van der Waals surface area contributed by atoms with E-state index in [-0.39, 0.29) is 35.1 Å². The average molecular weight is 330 g/mol. The Balaban J connectivity index is 2.24. The number of carbonyl (C=O) groups is 1. The summed E-state index contributed by atoms with van der Waals surface area (Å²) < 4.78 is 5.56. The highest BCUT2D eigenvalue weighted by Gasteiger charge is 2.30. The number of hydrogen-bond donors (Lipinski definition) is 2. The molecule has 1 amide bonds. The van der Waals surface area contributed by atoms with E-state index in [2.05, 4.69) is 15.9 Å². The number of hydrogen-bond acceptors (Lipinski definition) is 4. The second-order valence-corrected chi connectivity index (χ2v) is 5.27. The van der Waals surface area contributed by atoms with Crippen LogP contribution in [0.15, 0.2) is 18.2 Å². The van der Waals surface area contributed by atoms with E-state index in [1.807, 2.05) is 6.92 Å². The third kappa shape index (κ3) is 3.01. The first-order valence-corrected chi connectivity index (χ1v) is 7.15. The van der Waals surface area contributed by atoms with Crippen molar-refractivity contribution in [2.45, 2.75) is 19.1 Å². The lowest BCUT2D eigenvalue weighted by Crippen LogP contribution is -2.51. The summed E-state index contributed by atoms with van der Waals surface area (Å²) in [6.45, 7) is 2.81. The van der Waals surface area contributed by atoms with Gasteiger partial charge in [-0.2, -0.15) is 0 Å². The number of benzene rings is 1. The maximum absolute atomic E-state index is 12.4. The molecule has 1 heterocycles. The quantitative estimate of drug-likeness (QED) is 0.640. The van der Waals surface area contributed by atoms with Crippen LogP contribution < -0.4 is 0 Å². The molecule has 2 rings (SSSR count). The minimum atomic E-state index is -0.296. The fourth-order valence-corrected chi connectivity index (χ4v) is 2.44. The molecule has 2 atom stereocenters. The lowest BCUT2D eigenvalue weighted by molar-refractivity contribution is -0.0362. The molecule has 1 fully saturated rings. The molecule has 1 aliphatic rings. The number of halogens is 1. The number of alkyl halides is 1. The summed E-state index contributed by atoms with van der Waals surface area (Å²) in [5, 5.41) is 19.8. The average Bonchev–Trinajstić information content (AvgIpc) is 2.41. The van der Waals surface area contributed by atoms with Crippen LogP contribution in [0.5, 0.6) is 11.5 Å². The van der Waals surface area contributed by atoms with Gasteiger partial charge < -0.3 is 19.8 Å². The Bertz CT molecular complexity index is 480. The van der Waals surface area contributed by atoms with Gasteiger partial charge in [-0.3, -0.25) is 4.79 Å². The van der Waals surface area contributed by atoms with Gasteiger partial charge in [-0.25, -0.2) is 0 Å². The Kier molecular flexibility index (Phi) is 4.31. The highest BCUT2D eigenvalue weighted by molar-refractivity contribution is 9.09. The molecule has 2 N–H and O–H groups in total. The Morgan fingerprint density at radius 1 is 1.53 bits per heavy atom. The molecule has 0 bridgehead atoms. The number of amides is 1. The Labute approximate surface area is 119 Å². The van der Waals surface area contributed by atoms with Crippen LogP contribution in [0.4, 0.5) is 0 Å². The smallest absolute Gasteiger partial charge is 0.258 e. The van der Waals surface area contributed by atoms with Gasteiger partial charge in [-0.15, -0.1) is 0 Å². The molecule has 1 aromatic carbocycles. The molecule has 0 saturated carbocycles. The van der Waals surface area contributed by atoms with Crippen LogP contribution in [-0.2, 0) is 4.74 Å². The van der Waals surface area contributed by atoms with Gasteiger partial charge in [-0.1, -0.05) is 15.9 Å². The molecule has 0 spiro atoms. The summed E-state index contributed by atoms with van der Waals surface area (Å²) in [6.07, 6.45) is -0.0559. The van der Waals surface area contributed by atoms with Gasteiger partial charge in [0.1, 0.15) is 11.5 Å². The lowest BCUT2D eigenvalue weighted by atomic mass is 10.1. The Morgan fingerprint density at radius 2 is 2.26 bits per heavy atom. The van der Waals surface area contributed by atoms with Crippen molar-refractivity contribution in [3.05, 3.63) is 23.8 Å². The lowest BCUT2D eigenvalue weighted by Gasteiger charge is -2.37. The van der Waals surface area contributed by atoms with E-state index < -0.39 is 0 Å². The van der Waals surface area contributed by atoms with Crippen LogP contribution in [0.3, 0.4) is 0 Å². The number of carbonyl (C=O) groups excluding carboxylic acids is 1. The summed E-state index contributed by atoms with van der Waals surface area (Å²) in [6, 6.07) is 3.87. The SMILES string of the molecule is CC1COC(CBr)CN1C(=O)c1cc(O)ccc1O. The normalized spacial score (nSPS) is 23.4. The van der Waals surface area contributed by atoms with Gasteiger partial charge in [0.2, 0.25) is 0 Å². The third-order valence-electron chi connectivity index (χ3n) is 3.15. The maximum atomic E-state index is 12.4. The highest BCUT2D eigenvalue weighted by Crippen LogP contribution is 2.25. The molecule has 1 aliphatic heterocycles. The van der Waals surface area contributed by atoms with Crippen molar-refractivity contribution in [2.75, 3.05) is 18.5 Å². The van der Waals surface area contributed by atoms with Crippen LogP contribution in [0.1, 0.15) is 17.3 Å². The van der Waals surface area contributed by atoms with E-state index in [1.165, 1.54) is 18.2 Å². The molecular weight excluding hydrogens is 314 g/mol. The summed E-state index contributed by atoms with van der Waals surface area (Å²) in [7, 11) is 0. The van der Waals surface area contributed by atoms with E-state index in [0.717, 1.165) is 0 Å². The number of rotatable bonds is 2. The molecule has 2 unspecified atom stereocenters. The van der Waals surface area contributed by atoms with Gasteiger partial charge in [-0.05, 0) is 25.1 Å². The second kappa shape index (κ2) is 5.79. The second-order valence-electron chi connectivity index (χ2n) is 4.62. The van der Waals surface area contributed by atoms with Gasteiger partial charge >= 0.3 is 0 Å². The molecule has 104 valence electrons. The molecule has 0 radical (unpaired) electrons. The minimum Gasteiger partial charge on any atom is -0.508 e. The van der Waals surface area contributed by atoms with Crippen LogP contribution >= 0.6 is 15.9 Å². The van der Waals surface area contributed by atoms with Crippen molar-refractivity contribution in [1.82, 2.24) is 4.90 Å². The van der Waals surface area contributed by atoms with Crippen LogP contribution in [0.2, 0.25) is 0 Å². The van der Waals surface area contributed by atoms with E-state index in [1.54, 1.807) is 4.90 Å². The zero-order valence-corrected chi connectivity index (χ0v) is 12.1. The third-order valence-corrected chi connectivity index (χ3v) is 3.87. The summed E-state index contributed by atoms with van der Waals surface area (Å²) in [5.41, 5.74) is 0.113. The summed E-state index contributed by atoms with van der Waals surface area (Å²) in [4.78, 5) is 14.1. The molecule has 19 heavy (non-hydrogen) atoms. The minimum absolute atomic E-state index is 0.0425.